The molecule has 0 aliphatic heterocycles. The van der Waals surface area contributed by atoms with Gasteiger partial charge in [-0.25, -0.2) is 18.4 Å². The smallest absolute Gasteiger partial charge is 0.309 e. The number of aromatic nitrogens is 3. The van der Waals surface area contributed by atoms with Gasteiger partial charge in [-0.1, -0.05) is 30.3 Å². The molecule has 2 heterocycles. The van der Waals surface area contributed by atoms with Gasteiger partial charge < -0.3 is 5.32 Å². The number of fused-ring (bicyclic) bond motifs is 1. The lowest BCUT2D eigenvalue weighted by Crippen LogP contribution is -2.26. The van der Waals surface area contributed by atoms with Crippen molar-refractivity contribution in [1.29, 1.82) is 0 Å². The first-order valence-corrected chi connectivity index (χ1v) is 11.8. The van der Waals surface area contributed by atoms with E-state index in [0.29, 0.717) is 22.1 Å². The summed E-state index contributed by atoms with van der Waals surface area (Å²) in [7, 11) is -3.89. The number of nitrogens with two attached hydrogens (primary N) is 1. The normalized spacial score (nSPS) is 11.5. The van der Waals surface area contributed by atoms with Gasteiger partial charge in [-0.3, -0.25) is 14.3 Å². The molecule has 9 nitrogen and oxygen atoms in total. The molecule has 0 fully saturated rings. The van der Waals surface area contributed by atoms with Crippen LogP contribution in [0.15, 0.2) is 76.8 Å². The third-order valence-corrected chi connectivity index (χ3v) is 6.11. The standard InChI is InChI=1S/C22H18ClN5O4S/c23-10-20(29)26-21-19(15-5-2-8-25-11-15)13-28(22(30)27-21)12-16-4-1-3-14-6-7-17(9-18(14)16)33(24,31)32/h1-9,11,13H,10,12H2,(H2,24,31,32)(H,26,27,29,30). The highest BCUT2D eigenvalue weighted by atomic mass is 35.5. The maximum absolute atomic E-state index is 12.8. The lowest BCUT2D eigenvalue weighted by atomic mass is 10.0. The molecule has 0 radical (unpaired) electrons. The first-order valence-electron chi connectivity index (χ1n) is 9.68. The molecule has 168 valence electrons. The number of sulfonamides is 1. The molecular weight excluding hydrogens is 466 g/mol. The van der Waals surface area contributed by atoms with Gasteiger partial charge >= 0.3 is 5.69 Å². The Hall–Kier alpha value is -3.60. The molecule has 0 bridgehead atoms. The number of amides is 1. The van der Waals surface area contributed by atoms with E-state index in [1.54, 1.807) is 42.9 Å². The number of rotatable bonds is 6. The number of nitrogens with zero attached hydrogens (tertiary/aromatic N) is 3. The number of pyridine rings is 1. The first kappa shape index (κ1) is 22.6. The van der Waals surface area contributed by atoms with E-state index in [2.05, 4.69) is 15.3 Å². The number of hydrogen-bond donors (Lipinski definition) is 2. The molecular formula is C22H18ClN5O4S. The van der Waals surface area contributed by atoms with Crippen LogP contribution in [-0.2, 0) is 21.4 Å². The molecule has 0 unspecified atom stereocenters. The topological polar surface area (TPSA) is 137 Å². The highest BCUT2D eigenvalue weighted by Gasteiger charge is 2.15. The maximum Gasteiger partial charge on any atom is 0.349 e. The molecule has 1 amide bonds. The van der Waals surface area contributed by atoms with Crippen molar-refractivity contribution in [3.63, 3.8) is 0 Å². The molecule has 3 N–H and O–H groups in total. The van der Waals surface area contributed by atoms with E-state index in [1.165, 1.54) is 16.7 Å². The van der Waals surface area contributed by atoms with Gasteiger partial charge in [-0.05, 0) is 34.5 Å². The van der Waals surface area contributed by atoms with Crippen LogP contribution in [0.5, 0.6) is 0 Å². The summed E-state index contributed by atoms with van der Waals surface area (Å²) < 4.78 is 25.0. The highest BCUT2D eigenvalue weighted by molar-refractivity contribution is 7.89. The minimum atomic E-state index is -3.89. The van der Waals surface area contributed by atoms with E-state index in [-0.39, 0.29) is 23.1 Å². The Balaban J connectivity index is 1.84. The third kappa shape index (κ3) is 4.92. The molecule has 0 aliphatic carbocycles. The van der Waals surface area contributed by atoms with Crippen molar-refractivity contribution in [2.24, 2.45) is 5.14 Å². The SMILES string of the molecule is NS(=O)(=O)c1ccc2cccc(Cn3cc(-c4cccnc4)c(NC(=O)CCl)nc3=O)c2c1. The number of carbonyl (C=O) groups excluding carboxylic acids is 1. The van der Waals surface area contributed by atoms with Crippen molar-refractivity contribution in [3.8, 4) is 11.1 Å². The summed E-state index contributed by atoms with van der Waals surface area (Å²) in [6.45, 7) is 0.105. The van der Waals surface area contributed by atoms with Crippen molar-refractivity contribution in [3.05, 3.63) is 83.2 Å². The van der Waals surface area contributed by atoms with Gasteiger partial charge in [0, 0.05) is 29.7 Å². The predicted octanol–water partition coefficient (Wildman–Crippen LogP) is 2.33. The average Bonchev–Trinajstić information content (AvgIpc) is 2.80. The van der Waals surface area contributed by atoms with E-state index < -0.39 is 21.6 Å². The fourth-order valence-corrected chi connectivity index (χ4v) is 4.02. The maximum atomic E-state index is 12.8. The molecule has 0 saturated carbocycles. The van der Waals surface area contributed by atoms with Gasteiger partial charge in [0.25, 0.3) is 0 Å². The van der Waals surface area contributed by atoms with Gasteiger partial charge in [-0.15, -0.1) is 11.6 Å². The Bertz CT molecular complexity index is 1520. The molecule has 0 aliphatic rings. The van der Waals surface area contributed by atoms with E-state index in [0.717, 1.165) is 5.39 Å². The van der Waals surface area contributed by atoms with E-state index in [9.17, 15) is 18.0 Å². The Kier molecular flexibility index (Phi) is 6.23. The van der Waals surface area contributed by atoms with Crippen LogP contribution in [0.25, 0.3) is 21.9 Å². The fraction of sp³-hybridized carbons (Fsp3) is 0.0909. The Labute approximate surface area is 193 Å². The second kappa shape index (κ2) is 9.10. The van der Waals surface area contributed by atoms with E-state index in [4.69, 9.17) is 16.7 Å². The molecule has 33 heavy (non-hydrogen) atoms. The van der Waals surface area contributed by atoms with Crippen molar-refractivity contribution < 1.29 is 13.2 Å². The molecule has 2 aromatic carbocycles. The van der Waals surface area contributed by atoms with E-state index >= 15 is 0 Å². The number of carbonyl (C=O) groups is 1. The van der Waals surface area contributed by atoms with Gasteiger partial charge in [0.05, 0.1) is 11.4 Å². The third-order valence-electron chi connectivity index (χ3n) is 4.96. The van der Waals surface area contributed by atoms with Crippen LogP contribution >= 0.6 is 11.6 Å². The Morgan fingerprint density at radius 3 is 2.67 bits per heavy atom. The quantitative estimate of drug-likeness (QED) is 0.404. The fourth-order valence-electron chi connectivity index (χ4n) is 3.41. The minimum Gasteiger partial charge on any atom is -0.309 e. The number of alkyl halides is 1. The van der Waals surface area contributed by atoms with Crippen LogP contribution in [0, 0.1) is 0 Å². The summed E-state index contributed by atoms with van der Waals surface area (Å²) in [6.07, 6.45) is 4.75. The number of anilines is 1. The van der Waals surface area contributed by atoms with Crippen molar-refractivity contribution in [1.82, 2.24) is 14.5 Å². The molecule has 2 aromatic heterocycles. The van der Waals surface area contributed by atoms with Crippen LogP contribution in [0.2, 0.25) is 0 Å². The van der Waals surface area contributed by atoms with Crippen LogP contribution < -0.4 is 16.1 Å². The first-order chi connectivity index (χ1) is 15.8. The second-order valence-corrected chi connectivity index (χ2v) is 9.01. The summed E-state index contributed by atoms with van der Waals surface area (Å²) in [4.78, 5) is 32.7. The van der Waals surface area contributed by atoms with Gasteiger partial charge in [0.1, 0.15) is 11.7 Å². The van der Waals surface area contributed by atoms with Crippen LogP contribution in [0.4, 0.5) is 5.82 Å². The largest absolute Gasteiger partial charge is 0.349 e. The van der Waals surface area contributed by atoms with Gasteiger partial charge in [-0.2, -0.15) is 4.98 Å². The Morgan fingerprint density at radius 2 is 1.97 bits per heavy atom. The number of benzene rings is 2. The molecule has 4 rings (SSSR count). The van der Waals surface area contributed by atoms with E-state index in [1.807, 2.05) is 12.1 Å². The number of hydrogen-bond acceptors (Lipinski definition) is 6. The zero-order chi connectivity index (χ0) is 23.6. The average molecular weight is 484 g/mol. The monoisotopic (exact) mass is 483 g/mol. The van der Waals surface area contributed by atoms with Gasteiger partial charge in [0.2, 0.25) is 15.9 Å². The van der Waals surface area contributed by atoms with Crippen LogP contribution in [0.3, 0.4) is 0 Å². The number of halogens is 1. The van der Waals surface area contributed by atoms with Crippen molar-refractivity contribution in [2.45, 2.75) is 11.4 Å². The Morgan fingerprint density at radius 1 is 1.15 bits per heavy atom. The molecule has 0 spiro atoms. The summed E-state index contributed by atoms with van der Waals surface area (Å²) in [6, 6.07) is 13.5. The van der Waals surface area contributed by atoms with Crippen LogP contribution in [-0.4, -0.2) is 34.7 Å². The van der Waals surface area contributed by atoms with Gasteiger partial charge in [0.15, 0.2) is 0 Å². The molecule has 0 atom stereocenters. The second-order valence-electron chi connectivity index (χ2n) is 7.18. The predicted molar refractivity (Wildman–Crippen MR) is 126 cm³/mol. The molecule has 11 heteroatoms. The lowest BCUT2D eigenvalue weighted by Gasteiger charge is -2.14. The zero-order valence-electron chi connectivity index (χ0n) is 17.1. The summed E-state index contributed by atoms with van der Waals surface area (Å²) in [5.41, 5.74) is 1.20. The summed E-state index contributed by atoms with van der Waals surface area (Å²) in [5, 5.41) is 9.25. The zero-order valence-corrected chi connectivity index (χ0v) is 18.7. The lowest BCUT2D eigenvalue weighted by molar-refractivity contribution is -0.113. The number of nitrogens with one attached hydrogen (secondary N) is 1. The summed E-state index contributed by atoms with van der Waals surface area (Å²) >= 11 is 5.59. The highest BCUT2D eigenvalue weighted by Crippen LogP contribution is 2.26. The number of primary sulfonamides is 1. The summed E-state index contributed by atoms with van der Waals surface area (Å²) in [5.74, 6) is -0.722. The van der Waals surface area contributed by atoms with Crippen molar-refractivity contribution in [2.75, 3.05) is 11.2 Å². The molecule has 4 aromatic rings. The minimum absolute atomic E-state index is 0.0249. The van der Waals surface area contributed by atoms with Crippen LogP contribution in [0.1, 0.15) is 5.56 Å². The van der Waals surface area contributed by atoms with Crippen molar-refractivity contribution >= 4 is 44.1 Å². The molecule has 0 saturated heterocycles.